The number of nitrogens with two attached hydrogens (primary N) is 1. The first kappa shape index (κ1) is 19.9. The molecule has 150 valence electrons. The fraction of sp³-hybridized carbons (Fsp3) is 0.0476. The number of nitrogens with zero attached hydrogens (tertiary/aromatic N) is 4. The number of benzene rings is 2. The molecule has 3 N–H and O–H groups in total. The molecule has 0 aliphatic rings. The molecule has 1 amide bonds. The van der Waals surface area contributed by atoms with Crippen molar-refractivity contribution in [2.75, 3.05) is 5.32 Å². The highest BCUT2D eigenvalue weighted by Gasteiger charge is 2.18. The van der Waals surface area contributed by atoms with Crippen LogP contribution in [0.1, 0.15) is 16.1 Å². The Bertz CT molecular complexity index is 1220. The zero-order valence-corrected chi connectivity index (χ0v) is 17.3. The number of carbonyl (C=O) groups excluding carboxylic acids is 1. The van der Waals surface area contributed by atoms with E-state index in [9.17, 15) is 4.79 Å². The Morgan fingerprint density at radius 1 is 1.10 bits per heavy atom. The Kier molecular flexibility index (Phi) is 5.39. The number of rotatable bonds is 5. The minimum Gasteiger partial charge on any atom is -0.364 e. The van der Waals surface area contributed by atoms with Crippen LogP contribution in [-0.2, 0) is 0 Å². The molecule has 0 aliphatic carbocycles. The van der Waals surface area contributed by atoms with Crippen LogP contribution in [0.25, 0.3) is 16.9 Å². The van der Waals surface area contributed by atoms with Crippen molar-refractivity contribution >= 4 is 40.5 Å². The van der Waals surface area contributed by atoms with Gasteiger partial charge in [0.25, 0.3) is 5.91 Å². The van der Waals surface area contributed by atoms with Gasteiger partial charge in [-0.2, -0.15) is 5.10 Å². The van der Waals surface area contributed by atoms with E-state index in [1.165, 1.54) is 11.0 Å². The fourth-order valence-corrected chi connectivity index (χ4v) is 3.61. The summed E-state index contributed by atoms with van der Waals surface area (Å²) >= 11 is 12.5. The summed E-state index contributed by atoms with van der Waals surface area (Å²) in [5.74, 6) is -0.673. The van der Waals surface area contributed by atoms with Crippen LogP contribution < -0.4 is 11.1 Å². The molecule has 0 radical (unpaired) electrons. The number of carbonyl (C=O) groups is 1. The Hall–Kier alpha value is -3.42. The topological polar surface area (TPSA) is 98.7 Å². The first-order valence-corrected chi connectivity index (χ1v) is 9.67. The highest BCUT2D eigenvalue weighted by Crippen LogP contribution is 2.31. The van der Waals surface area contributed by atoms with Crippen molar-refractivity contribution in [3.63, 3.8) is 0 Å². The summed E-state index contributed by atoms with van der Waals surface area (Å²) in [5.41, 5.74) is 10.0. The molecule has 9 heteroatoms. The van der Waals surface area contributed by atoms with E-state index < -0.39 is 5.91 Å². The maximum atomic E-state index is 11.9. The summed E-state index contributed by atoms with van der Waals surface area (Å²) < 4.78 is 1.44. The van der Waals surface area contributed by atoms with E-state index >= 15 is 0 Å². The minimum absolute atomic E-state index is 0.0710. The number of hydrogen-bond acceptors (Lipinski definition) is 5. The van der Waals surface area contributed by atoms with E-state index in [2.05, 4.69) is 20.4 Å². The lowest BCUT2D eigenvalue weighted by Crippen LogP contribution is -2.14. The Morgan fingerprint density at radius 2 is 1.80 bits per heavy atom. The third-order valence-electron chi connectivity index (χ3n) is 4.45. The number of aromatic nitrogens is 4. The van der Waals surface area contributed by atoms with Crippen molar-refractivity contribution in [3.05, 3.63) is 82.5 Å². The molecule has 2 aromatic heterocycles. The molecule has 0 unspecified atom stereocenters. The number of aryl methyl sites for hydroxylation is 1. The summed E-state index contributed by atoms with van der Waals surface area (Å²) in [5, 5.41) is 8.24. The van der Waals surface area contributed by atoms with E-state index in [0.29, 0.717) is 21.4 Å². The number of para-hydroxylation sites is 1. The van der Waals surface area contributed by atoms with Gasteiger partial charge in [0.15, 0.2) is 5.69 Å². The van der Waals surface area contributed by atoms with Gasteiger partial charge in [0, 0.05) is 17.4 Å². The van der Waals surface area contributed by atoms with Crippen molar-refractivity contribution in [1.29, 1.82) is 0 Å². The average Bonchev–Trinajstić information content (AvgIpc) is 3.12. The maximum Gasteiger partial charge on any atom is 0.271 e. The Morgan fingerprint density at radius 3 is 2.43 bits per heavy atom. The second kappa shape index (κ2) is 8.14. The van der Waals surface area contributed by atoms with Gasteiger partial charge in [0.05, 0.1) is 27.6 Å². The van der Waals surface area contributed by atoms with E-state index in [-0.39, 0.29) is 5.69 Å². The summed E-state index contributed by atoms with van der Waals surface area (Å²) in [6.07, 6.45) is 4.90. The first-order valence-electron chi connectivity index (χ1n) is 8.92. The minimum atomic E-state index is -0.673. The lowest BCUT2D eigenvalue weighted by molar-refractivity contribution is 0.0996. The number of hydrogen-bond donors (Lipinski definition) is 2. The summed E-state index contributed by atoms with van der Waals surface area (Å²) in [7, 11) is 0. The van der Waals surface area contributed by atoms with E-state index in [1.54, 1.807) is 30.6 Å². The molecule has 4 rings (SSSR count). The molecule has 0 saturated heterocycles. The third-order valence-corrected chi connectivity index (χ3v) is 5.06. The van der Waals surface area contributed by atoms with Crippen molar-refractivity contribution in [1.82, 2.24) is 19.7 Å². The van der Waals surface area contributed by atoms with Crippen LogP contribution in [0.3, 0.4) is 0 Å². The largest absolute Gasteiger partial charge is 0.364 e. The summed E-state index contributed by atoms with van der Waals surface area (Å²) in [6.45, 7) is 1.95. The van der Waals surface area contributed by atoms with Gasteiger partial charge in [0.1, 0.15) is 12.0 Å². The molecule has 0 spiro atoms. The third kappa shape index (κ3) is 3.85. The number of halogens is 2. The number of anilines is 2. The predicted octanol–water partition coefficient (Wildman–Crippen LogP) is 4.79. The van der Waals surface area contributed by atoms with Crippen LogP contribution in [0.4, 0.5) is 11.4 Å². The Labute approximate surface area is 182 Å². The molecule has 30 heavy (non-hydrogen) atoms. The van der Waals surface area contributed by atoms with E-state index in [4.69, 9.17) is 28.9 Å². The molecule has 0 fully saturated rings. The molecule has 0 bridgehead atoms. The van der Waals surface area contributed by atoms with E-state index in [1.807, 2.05) is 31.2 Å². The number of primary amides is 1. The quantitative estimate of drug-likeness (QED) is 0.466. The smallest absolute Gasteiger partial charge is 0.271 e. The molecule has 7 nitrogen and oxygen atoms in total. The normalized spacial score (nSPS) is 10.8. The van der Waals surface area contributed by atoms with Crippen LogP contribution in [-0.4, -0.2) is 25.7 Å². The van der Waals surface area contributed by atoms with Crippen molar-refractivity contribution in [2.45, 2.75) is 6.92 Å². The molecular weight excluding hydrogens is 423 g/mol. The van der Waals surface area contributed by atoms with Gasteiger partial charge >= 0.3 is 0 Å². The summed E-state index contributed by atoms with van der Waals surface area (Å²) in [4.78, 5) is 20.3. The summed E-state index contributed by atoms with van der Waals surface area (Å²) in [6, 6.07) is 12.7. The van der Waals surface area contributed by atoms with Gasteiger partial charge in [-0.15, -0.1) is 0 Å². The maximum absolute atomic E-state index is 11.9. The zero-order valence-electron chi connectivity index (χ0n) is 15.8. The van der Waals surface area contributed by atoms with Gasteiger partial charge in [0.2, 0.25) is 0 Å². The van der Waals surface area contributed by atoms with Crippen LogP contribution in [0, 0.1) is 6.92 Å². The second-order valence-electron chi connectivity index (χ2n) is 6.53. The Balaban J connectivity index is 1.67. The molecule has 2 aromatic carbocycles. The lowest BCUT2D eigenvalue weighted by Gasteiger charge is -2.08. The molecule has 0 aliphatic heterocycles. The lowest BCUT2D eigenvalue weighted by atomic mass is 10.1. The monoisotopic (exact) mass is 438 g/mol. The fourth-order valence-electron chi connectivity index (χ4n) is 3.04. The van der Waals surface area contributed by atoms with Crippen molar-refractivity contribution in [3.8, 4) is 16.9 Å². The van der Waals surface area contributed by atoms with Crippen LogP contribution in [0.2, 0.25) is 10.0 Å². The van der Waals surface area contributed by atoms with E-state index in [0.717, 1.165) is 22.5 Å². The van der Waals surface area contributed by atoms with Crippen LogP contribution in [0.15, 0.2) is 61.2 Å². The average molecular weight is 439 g/mol. The highest BCUT2D eigenvalue weighted by atomic mass is 35.5. The highest BCUT2D eigenvalue weighted by molar-refractivity contribution is 6.37. The standard InChI is InChI=1S/C21H16Cl2N6O/c1-12-9-25-11-26-18(12)13-5-7-14(8-6-13)27-17-10-29(28-19(17)21(24)30)20-15(22)3-2-4-16(20)23/h2-11,27H,1H3,(H2,24,30). The SMILES string of the molecule is Cc1cncnc1-c1ccc(Nc2cn(-c3c(Cl)cccc3Cl)nc2C(N)=O)cc1. The van der Waals surface area contributed by atoms with Gasteiger partial charge < -0.3 is 11.1 Å². The van der Waals surface area contributed by atoms with Gasteiger partial charge in [-0.1, -0.05) is 41.4 Å². The van der Waals surface area contributed by atoms with Gasteiger partial charge in [-0.05, 0) is 36.8 Å². The second-order valence-corrected chi connectivity index (χ2v) is 7.34. The molecule has 0 saturated carbocycles. The van der Waals surface area contributed by atoms with Gasteiger partial charge in [-0.3, -0.25) is 4.79 Å². The van der Waals surface area contributed by atoms with Crippen LogP contribution >= 0.6 is 23.2 Å². The van der Waals surface area contributed by atoms with Gasteiger partial charge in [-0.25, -0.2) is 14.6 Å². The van der Waals surface area contributed by atoms with Crippen molar-refractivity contribution < 1.29 is 4.79 Å². The first-order chi connectivity index (χ1) is 14.4. The van der Waals surface area contributed by atoms with Crippen molar-refractivity contribution in [2.24, 2.45) is 5.73 Å². The molecule has 0 atom stereocenters. The van der Waals surface area contributed by atoms with Crippen LogP contribution in [0.5, 0.6) is 0 Å². The molecule has 4 aromatic rings. The number of nitrogens with one attached hydrogen (secondary N) is 1. The molecule has 2 heterocycles. The predicted molar refractivity (Wildman–Crippen MR) is 118 cm³/mol. The zero-order chi connectivity index (χ0) is 21.3. The number of amides is 1. The molecular formula is C21H16Cl2N6O.